The summed E-state index contributed by atoms with van der Waals surface area (Å²) in [4.78, 5) is 24.6. The molecule has 0 radical (unpaired) electrons. The highest BCUT2D eigenvalue weighted by atomic mass is 16.5. The topological polar surface area (TPSA) is 60.3 Å². The fraction of sp³-hybridized carbons (Fsp3) is 0.400. The van der Waals surface area contributed by atoms with E-state index in [4.69, 9.17) is 4.74 Å². The second kappa shape index (κ2) is 8.12. The summed E-state index contributed by atoms with van der Waals surface area (Å²) < 4.78 is 7.69. The average Bonchev–Trinajstić information content (AvgIpc) is 3.15. The number of nitrogens with one attached hydrogen (secondary N) is 1. The average molecular weight is 340 g/mol. The molecule has 5 nitrogen and oxygen atoms in total. The van der Waals surface area contributed by atoms with Crippen LogP contribution < -0.4 is 10.9 Å². The van der Waals surface area contributed by atoms with Crippen LogP contribution in [0.3, 0.4) is 0 Å². The highest BCUT2D eigenvalue weighted by Crippen LogP contribution is 2.28. The van der Waals surface area contributed by atoms with Crippen LogP contribution in [0.5, 0.6) is 0 Å². The number of carbonyl (C=O) groups is 1. The van der Waals surface area contributed by atoms with Crippen molar-refractivity contribution in [2.45, 2.75) is 51.4 Å². The molecule has 1 aromatic heterocycles. The van der Waals surface area contributed by atoms with E-state index in [2.05, 4.69) is 5.32 Å². The van der Waals surface area contributed by atoms with Crippen LogP contribution in [0.2, 0.25) is 0 Å². The maximum absolute atomic E-state index is 12.9. The molecular weight excluding hydrogens is 316 g/mol. The Morgan fingerprint density at radius 2 is 1.92 bits per heavy atom. The molecule has 1 amide bonds. The Labute approximate surface area is 147 Å². The fourth-order valence-corrected chi connectivity index (χ4v) is 3.20. The van der Waals surface area contributed by atoms with E-state index < -0.39 is 6.10 Å². The molecular formula is C20H24N2O3. The number of rotatable bonds is 6. The number of ether oxygens (including phenoxy) is 1. The Balaban J connectivity index is 1.79. The van der Waals surface area contributed by atoms with Gasteiger partial charge in [0.05, 0.1) is 11.8 Å². The summed E-state index contributed by atoms with van der Waals surface area (Å²) in [6.07, 6.45) is 5.43. The summed E-state index contributed by atoms with van der Waals surface area (Å²) in [5.74, 6) is -0.209. The van der Waals surface area contributed by atoms with E-state index in [-0.39, 0.29) is 17.6 Å². The minimum Gasteiger partial charge on any atom is -0.360 e. The number of aromatic nitrogens is 1. The summed E-state index contributed by atoms with van der Waals surface area (Å²) in [6, 6.07) is 12.7. The molecule has 0 saturated heterocycles. The zero-order chi connectivity index (χ0) is 17.6. The van der Waals surface area contributed by atoms with E-state index in [0.29, 0.717) is 12.2 Å². The van der Waals surface area contributed by atoms with Gasteiger partial charge in [-0.25, -0.2) is 0 Å². The standard InChI is InChI=1S/C20H24N2O3/c1-2-22-14-16(12-13-18(22)23)21-20(24)19(15-8-4-3-5-9-15)25-17-10-6-7-11-17/h3-5,8-9,12-14,17,19H,2,6-7,10-11H2,1H3,(H,21,24)/t19-/m0/s1. The zero-order valence-electron chi connectivity index (χ0n) is 14.5. The number of amides is 1. The highest BCUT2D eigenvalue weighted by molar-refractivity contribution is 5.94. The maximum Gasteiger partial charge on any atom is 0.258 e. The molecule has 132 valence electrons. The summed E-state index contributed by atoms with van der Waals surface area (Å²) in [7, 11) is 0. The number of nitrogens with zero attached hydrogens (tertiary/aromatic N) is 1. The van der Waals surface area contributed by atoms with Crippen LogP contribution >= 0.6 is 0 Å². The third-order valence-corrected chi connectivity index (χ3v) is 4.56. The van der Waals surface area contributed by atoms with Gasteiger partial charge in [-0.05, 0) is 31.4 Å². The van der Waals surface area contributed by atoms with E-state index in [0.717, 1.165) is 31.2 Å². The second-order valence-corrected chi connectivity index (χ2v) is 6.36. The molecule has 3 rings (SSSR count). The minimum absolute atomic E-state index is 0.0812. The lowest BCUT2D eigenvalue weighted by Gasteiger charge is -2.22. The Bertz CT molecular complexity index is 764. The van der Waals surface area contributed by atoms with Gasteiger partial charge in [-0.1, -0.05) is 43.2 Å². The van der Waals surface area contributed by atoms with Crippen LogP contribution in [-0.2, 0) is 16.1 Å². The summed E-state index contributed by atoms with van der Waals surface area (Å²) >= 11 is 0. The lowest BCUT2D eigenvalue weighted by atomic mass is 10.1. The van der Waals surface area contributed by atoms with Gasteiger partial charge in [0.1, 0.15) is 0 Å². The molecule has 2 aromatic rings. The smallest absolute Gasteiger partial charge is 0.258 e. The van der Waals surface area contributed by atoms with E-state index >= 15 is 0 Å². The number of benzene rings is 1. The largest absolute Gasteiger partial charge is 0.360 e. The normalized spacial score (nSPS) is 15.9. The van der Waals surface area contributed by atoms with Crippen molar-refractivity contribution in [3.63, 3.8) is 0 Å². The van der Waals surface area contributed by atoms with Crippen LogP contribution in [0.25, 0.3) is 0 Å². The van der Waals surface area contributed by atoms with Crippen molar-refractivity contribution in [3.8, 4) is 0 Å². The molecule has 5 heteroatoms. The second-order valence-electron chi connectivity index (χ2n) is 6.36. The van der Waals surface area contributed by atoms with Crippen molar-refractivity contribution < 1.29 is 9.53 Å². The van der Waals surface area contributed by atoms with E-state index in [9.17, 15) is 9.59 Å². The summed E-state index contributed by atoms with van der Waals surface area (Å²) in [5.41, 5.74) is 1.36. The summed E-state index contributed by atoms with van der Waals surface area (Å²) in [5, 5.41) is 2.89. The lowest BCUT2D eigenvalue weighted by Crippen LogP contribution is -2.27. The minimum atomic E-state index is -0.647. The maximum atomic E-state index is 12.9. The highest BCUT2D eigenvalue weighted by Gasteiger charge is 2.27. The van der Waals surface area contributed by atoms with Gasteiger partial charge in [-0.2, -0.15) is 0 Å². The van der Waals surface area contributed by atoms with Crippen molar-refractivity contribution in [1.29, 1.82) is 0 Å². The number of carbonyl (C=O) groups excluding carboxylic acids is 1. The van der Waals surface area contributed by atoms with Crippen LogP contribution in [0.4, 0.5) is 5.69 Å². The van der Waals surface area contributed by atoms with Crippen LogP contribution in [0.1, 0.15) is 44.3 Å². The van der Waals surface area contributed by atoms with Crippen molar-refractivity contribution in [1.82, 2.24) is 4.57 Å². The van der Waals surface area contributed by atoms with Crippen molar-refractivity contribution in [3.05, 3.63) is 64.6 Å². The quantitative estimate of drug-likeness (QED) is 0.875. The van der Waals surface area contributed by atoms with Gasteiger partial charge >= 0.3 is 0 Å². The first-order valence-corrected chi connectivity index (χ1v) is 8.89. The molecule has 1 atom stereocenters. The first-order chi connectivity index (χ1) is 12.2. The molecule has 1 aromatic carbocycles. The molecule has 0 aliphatic heterocycles. The van der Waals surface area contributed by atoms with E-state index in [1.54, 1.807) is 16.8 Å². The molecule has 0 spiro atoms. The number of anilines is 1. The van der Waals surface area contributed by atoms with Crippen molar-refractivity contribution in [2.24, 2.45) is 0 Å². The van der Waals surface area contributed by atoms with Gasteiger partial charge < -0.3 is 14.6 Å². The van der Waals surface area contributed by atoms with Crippen LogP contribution in [0.15, 0.2) is 53.5 Å². The lowest BCUT2D eigenvalue weighted by molar-refractivity contribution is -0.131. The Morgan fingerprint density at radius 3 is 2.60 bits per heavy atom. The molecule has 1 aliphatic carbocycles. The van der Waals surface area contributed by atoms with Gasteiger partial charge in [0.15, 0.2) is 6.10 Å². The molecule has 1 saturated carbocycles. The van der Waals surface area contributed by atoms with Crippen LogP contribution in [-0.4, -0.2) is 16.6 Å². The number of hydrogen-bond acceptors (Lipinski definition) is 3. The molecule has 1 aliphatic rings. The molecule has 0 unspecified atom stereocenters. The van der Waals surface area contributed by atoms with E-state index in [1.165, 1.54) is 6.07 Å². The van der Waals surface area contributed by atoms with Gasteiger partial charge in [-0.3, -0.25) is 9.59 Å². The van der Waals surface area contributed by atoms with Gasteiger partial charge in [0, 0.05) is 18.8 Å². The van der Waals surface area contributed by atoms with Crippen molar-refractivity contribution in [2.75, 3.05) is 5.32 Å². The molecule has 1 fully saturated rings. The monoisotopic (exact) mass is 340 g/mol. The van der Waals surface area contributed by atoms with Crippen LogP contribution in [0, 0.1) is 0 Å². The predicted molar refractivity (Wildman–Crippen MR) is 97.5 cm³/mol. The number of aryl methyl sites for hydroxylation is 1. The molecule has 25 heavy (non-hydrogen) atoms. The van der Waals surface area contributed by atoms with E-state index in [1.807, 2.05) is 37.3 Å². The van der Waals surface area contributed by atoms with Crippen molar-refractivity contribution >= 4 is 11.6 Å². The Morgan fingerprint density at radius 1 is 1.20 bits per heavy atom. The number of pyridine rings is 1. The Kier molecular flexibility index (Phi) is 5.66. The first-order valence-electron chi connectivity index (χ1n) is 8.89. The third-order valence-electron chi connectivity index (χ3n) is 4.56. The SMILES string of the molecule is CCn1cc(NC(=O)[C@@H](OC2CCCC2)c2ccccc2)ccc1=O. The van der Waals surface area contributed by atoms with Gasteiger partial charge in [0.2, 0.25) is 0 Å². The third kappa shape index (κ3) is 4.37. The van der Waals surface area contributed by atoms with Gasteiger partial charge in [-0.15, -0.1) is 0 Å². The van der Waals surface area contributed by atoms with Gasteiger partial charge in [0.25, 0.3) is 11.5 Å². The number of hydrogen-bond donors (Lipinski definition) is 1. The fourth-order valence-electron chi connectivity index (χ4n) is 3.20. The molecule has 1 N–H and O–H groups in total. The predicted octanol–water partition coefficient (Wildman–Crippen LogP) is 3.51. The molecule has 1 heterocycles. The Hall–Kier alpha value is -2.40. The zero-order valence-corrected chi connectivity index (χ0v) is 14.5. The molecule has 0 bridgehead atoms. The summed E-state index contributed by atoms with van der Waals surface area (Å²) in [6.45, 7) is 2.45. The first kappa shape index (κ1) is 17.4.